The molecular formula is C20H20F3NO5S. The maximum absolute atomic E-state index is 12.6. The molecule has 6 nitrogen and oxygen atoms in total. The Labute approximate surface area is 172 Å². The number of ether oxygens (including phenoxy) is 1. The average Bonchev–Trinajstić information content (AvgIpc) is 2.72. The first-order valence-electron chi connectivity index (χ1n) is 9.21. The third kappa shape index (κ3) is 5.73. The molecule has 1 amide bonds. The second-order valence-corrected chi connectivity index (χ2v) is 8.37. The van der Waals surface area contributed by atoms with Crippen molar-refractivity contribution in [1.82, 2.24) is 4.90 Å². The predicted octanol–water partition coefficient (Wildman–Crippen LogP) is 4.21. The Morgan fingerprint density at radius 2 is 1.60 bits per heavy atom. The number of carbonyl (C=O) groups excluding carboxylic acids is 1. The SMILES string of the molecule is O=C(OCc1ccccc1)N1CCC(OS(=O)(=O)c2ccc(C(F)(F)F)cc2)CC1. The van der Waals surface area contributed by atoms with E-state index in [1.165, 1.54) is 4.90 Å². The number of nitrogens with zero attached hydrogens (tertiary/aromatic N) is 1. The van der Waals surface area contributed by atoms with Gasteiger partial charge in [0.1, 0.15) is 6.61 Å². The molecule has 0 aromatic heterocycles. The summed E-state index contributed by atoms with van der Waals surface area (Å²) in [5.74, 6) is 0. The minimum atomic E-state index is -4.55. The maximum atomic E-state index is 12.6. The molecule has 0 radical (unpaired) electrons. The van der Waals surface area contributed by atoms with E-state index in [9.17, 15) is 26.4 Å². The van der Waals surface area contributed by atoms with Gasteiger partial charge in [-0.15, -0.1) is 0 Å². The van der Waals surface area contributed by atoms with Crippen LogP contribution in [0.5, 0.6) is 0 Å². The Balaban J connectivity index is 1.50. The Morgan fingerprint density at radius 1 is 1.00 bits per heavy atom. The quantitative estimate of drug-likeness (QED) is 0.648. The van der Waals surface area contributed by atoms with Crippen molar-refractivity contribution in [3.63, 3.8) is 0 Å². The molecule has 1 saturated heterocycles. The molecule has 0 saturated carbocycles. The van der Waals surface area contributed by atoms with Gasteiger partial charge in [0.25, 0.3) is 10.1 Å². The van der Waals surface area contributed by atoms with Gasteiger partial charge in [-0.25, -0.2) is 4.79 Å². The Hall–Kier alpha value is -2.59. The van der Waals surface area contributed by atoms with E-state index in [1.54, 1.807) is 0 Å². The Kier molecular flexibility index (Phi) is 6.67. The maximum Gasteiger partial charge on any atom is 0.416 e. The van der Waals surface area contributed by atoms with E-state index >= 15 is 0 Å². The summed E-state index contributed by atoms with van der Waals surface area (Å²) in [4.78, 5) is 13.3. The normalized spacial score (nSPS) is 15.8. The first-order valence-corrected chi connectivity index (χ1v) is 10.6. The lowest BCUT2D eigenvalue weighted by Gasteiger charge is -2.30. The molecule has 0 N–H and O–H groups in total. The molecule has 10 heteroatoms. The predicted molar refractivity (Wildman–Crippen MR) is 101 cm³/mol. The lowest BCUT2D eigenvalue weighted by Crippen LogP contribution is -2.41. The first-order chi connectivity index (χ1) is 14.1. The van der Waals surface area contributed by atoms with Crippen molar-refractivity contribution in [2.45, 2.75) is 36.6 Å². The largest absolute Gasteiger partial charge is 0.445 e. The molecule has 1 fully saturated rings. The fraction of sp³-hybridized carbons (Fsp3) is 0.350. The van der Waals surface area contributed by atoms with Gasteiger partial charge in [-0.3, -0.25) is 4.18 Å². The standard InChI is InChI=1S/C20H20F3NO5S/c21-20(22,23)16-6-8-18(9-7-16)30(26,27)29-17-10-12-24(13-11-17)19(25)28-14-15-4-2-1-3-5-15/h1-9,17H,10-14H2. The van der Waals surface area contributed by atoms with Gasteiger partial charge < -0.3 is 9.64 Å². The zero-order valence-electron chi connectivity index (χ0n) is 15.8. The summed E-state index contributed by atoms with van der Waals surface area (Å²) in [7, 11) is -4.21. The van der Waals surface area contributed by atoms with Gasteiger partial charge in [0.2, 0.25) is 0 Å². The molecule has 0 spiro atoms. The van der Waals surface area contributed by atoms with Gasteiger partial charge >= 0.3 is 12.3 Å². The molecule has 2 aromatic carbocycles. The van der Waals surface area contributed by atoms with E-state index in [4.69, 9.17) is 8.92 Å². The number of benzene rings is 2. The van der Waals surface area contributed by atoms with Crippen LogP contribution in [0.2, 0.25) is 0 Å². The number of likely N-dealkylation sites (tertiary alicyclic amines) is 1. The highest BCUT2D eigenvalue weighted by atomic mass is 32.2. The highest BCUT2D eigenvalue weighted by Crippen LogP contribution is 2.30. The van der Waals surface area contributed by atoms with Crippen molar-refractivity contribution in [2.75, 3.05) is 13.1 Å². The molecular weight excluding hydrogens is 423 g/mol. The fourth-order valence-electron chi connectivity index (χ4n) is 2.99. The van der Waals surface area contributed by atoms with E-state index in [2.05, 4.69) is 0 Å². The minimum Gasteiger partial charge on any atom is -0.445 e. The van der Waals surface area contributed by atoms with Gasteiger partial charge in [0, 0.05) is 13.1 Å². The number of amides is 1. The van der Waals surface area contributed by atoms with Crippen LogP contribution < -0.4 is 0 Å². The van der Waals surface area contributed by atoms with E-state index in [0.717, 1.165) is 17.7 Å². The zero-order valence-corrected chi connectivity index (χ0v) is 16.7. The molecule has 2 aromatic rings. The number of halogens is 3. The minimum absolute atomic E-state index is 0.137. The summed E-state index contributed by atoms with van der Waals surface area (Å²) in [6.07, 6.45) is -5.19. The van der Waals surface area contributed by atoms with E-state index < -0.39 is 34.1 Å². The third-order valence-corrected chi connectivity index (χ3v) is 6.01. The topological polar surface area (TPSA) is 72.9 Å². The van der Waals surface area contributed by atoms with Crippen molar-refractivity contribution in [3.05, 3.63) is 65.7 Å². The molecule has 0 unspecified atom stereocenters. The molecule has 1 aliphatic rings. The smallest absolute Gasteiger partial charge is 0.416 e. The molecule has 0 atom stereocenters. The van der Waals surface area contributed by atoms with Crippen molar-refractivity contribution in [2.24, 2.45) is 0 Å². The van der Waals surface area contributed by atoms with Gasteiger partial charge in [0.05, 0.1) is 16.6 Å². The van der Waals surface area contributed by atoms with Crippen LogP contribution in [0, 0.1) is 0 Å². The summed E-state index contributed by atoms with van der Waals surface area (Å²) < 4.78 is 72.9. The highest BCUT2D eigenvalue weighted by Gasteiger charge is 2.32. The van der Waals surface area contributed by atoms with Crippen LogP contribution in [0.4, 0.5) is 18.0 Å². The number of piperidine rings is 1. The lowest BCUT2D eigenvalue weighted by atomic mass is 10.1. The summed E-state index contributed by atoms with van der Waals surface area (Å²) in [5, 5.41) is 0. The summed E-state index contributed by atoms with van der Waals surface area (Å²) in [5.41, 5.74) is -0.0875. The van der Waals surface area contributed by atoms with Crippen molar-refractivity contribution >= 4 is 16.2 Å². The summed E-state index contributed by atoms with van der Waals surface area (Å²) in [6, 6.07) is 12.3. The van der Waals surface area contributed by atoms with Crippen LogP contribution in [0.3, 0.4) is 0 Å². The molecule has 0 aliphatic carbocycles. The van der Waals surface area contributed by atoms with E-state index in [0.29, 0.717) is 12.1 Å². The molecule has 1 aliphatic heterocycles. The van der Waals surface area contributed by atoms with Crippen LogP contribution in [0.1, 0.15) is 24.0 Å². The number of hydrogen-bond donors (Lipinski definition) is 0. The highest BCUT2D eigenvalue weighted by molar-refractivity contribution is 7.86. The molecule has 1 heterocycles. The fourth-order valence-corrected chi connectivity index (χ4v) is 4.12. The third-order valence-electron chi connectivity index (χ3n) is 4.64. The number of rotatable bonds is 5. The molecule has 0 bridgehead atoms. The van der Waals surface area contributed by atoms with Crippen LogP contribution in [0.15, 0.2) is 59.5 Å². The Bertz CT molecular complexity index is 954. The number of alkyl halides is 3. The van der Waals surface area contributed by atoms with Crippen LogP contribution in [-0.2, 0) is 31.8 Å². The number of carbonyl (C=O) groups is 1. The molecule has 30 heavy (non-hydrogen) atoms. The Morgan fingerprint density at radius 3 is 2.17 bits per heavy atom. The zero-order chi connectivity index (χ0) is 21.8. The van der Waals surface area contributed by atoms with Gasteiger partial charge in [-0.1, -0.05) is 30.3 Å². The summed E-state index contributed by atoms with van der Waals surface area (Å²) >= 11 is 0. The number of hydrogen-bond acceptors (Lipinski definition) is 5. The van der Waals surface area contributed by atoms with Crippen LogP contribution >= 0.6 is 0 Å². The second kappa shape index (κ2) is 9.05. The van der Waals surface area contributed by atoms with Gasteiger partial charge in [-0.2, -0.15) is 21.6 Å². The van der Waals surface area contributed by atoms with Crippen LogP contribution in [0.25, 0.3) is 0 Å². The average molecular weight is 443 g/mol. The second-order valence-electron chi connectivity index (χ2n) is 6.80. The summed E-state index contributed by atoms with van der Waals surface area (Å²) in [6.45, 7) is 0.639. The molecule has 3 rings (SSSR count). The monoisotopic (exact) mass is 443 g/mol. The van der Waals surface area contributed by atoms with E-state index in [1.807, 2.05) is 30.3 Å². The van der Waals surface area contributed by atoms with E-state index in [-0.39, 0.29) is 37.4 Å². The first kappa shape index (κ1) is 22.1. The van der Waals surface area contributed by atoms with Crippen molar-refractivity contribution in [3.8, 4) is 0 Å². The lowest BCUT2D eigenvalue weighted by molar-refractivity contribution is -0.137. The van der Waals surface area contributed by atoms with Crippen LogP contribution in [-0.4, -0.2) is 38.6 Å². The van der Waals surface area contributed by atoms with Crippen molar-refractivity contribution in [1.29, 1.82) is 0 Å². The van der Waals surface area contributed by atoms with Crippen molar-refractivity contribution < 1.29 is 35.3 Å². The van der Waals surface area contributed by atoms with Gasteiger partial charge in [-0.05, 0) is 42.7 Å². The molecule has 162 valence electrons. The van der Waals surface area contributed by atoms with Gasteiger partial charge in [0.15, 0.2) is 0 Å².